The second-order valence-corrected chi connectivity index (χ2v) is 4.03. The first-order chi connectivity index (χ1) is 7.45. The molecule has 16 heavy (non-hydrogen) atoms. The van der Waals surface area contributed by atoms with Crippen molar-refractivity contribution in [1.82, 2.24) is 4.98 Å². The van der Waals surface area contributed by atoms with Crippen LogP contribution in [-0.4, -0.2) is 18.1 Å². The Morgan fingerprint density at radius 3 is 2.69 bits per heavy atom. The van der Waals surface area contributed by atoms with Gasteiger partial charge in [0.2, 0.25) is 0 Å². The summed E-state index contributed by atoms with van der Waals surface area (Å²) in [6, 6.07) is 0.998. The molecule has 1 heterocycles. The van der Waals surface area contributed by atoms with Crippen LogP contribution in [0, 0.1) is 0 Å². The van der Waals surface area contributed by atoms with Gasteiger partial charge in [0, 0.05) is 17.2 Å². The van der Waals surface area contributed by atoms with Gasteiger partial charge in [0.1, 0.15) is 5.82 Å². The fraction of sp³-hybridized carbons (Fsp3) is 0.444. The van der Waals surface area contributed by atoms with Gasteiger partial charge in [-0.15, -0.1) is 0 Å². The second-order valence-electron chi connectivity index (χ2n) is 3.12. The normalized spacial score (nSPS) is 11.6. The van der Waals surface area contributed by atoms with Crippen molar-refractivity contribution in [3.05, 3.63) is 22.3 Å². The van der Waals surface area contributed by atoms with E-state index in [1.54, 1.807) is 0 Å². The monoisotopic (exact) mass is 297 g/mol. The molecule has 3 N–H and O–H groups in total. The van der Waals surface area contributed by atoms with Crippen molar-refractivity contribution in [2.75, 3.05) is 18.4 Å². The molecule has 90 valence electrons. The number of nitrogens with zero attached hydrogens (tertiary/aromatic N) is 1. The minimum absolute atomic E-state index is 0.163. The van der Waals surface area contributed by atoms with E-state index < -0.39 is 11.7 Å². The van der Waals surface area contributed by atoms with Crippen LogP contribution in [0.25, 0.3) is 0 Å². The van der Waals surface area contributed by atoms with Crippen LogP contribution in [0.4, 0.5) is 19.0 Å². The van der Waals surface area contributed by atoms with Gasteiger partial charge in [-0.25, -0.2) is 4.98 Å². The van der Waals surface area contributed by atoms with Crippen LogP contribution in [0.3, 0.4) is 0 Å². The average molecular weight is 298 g/mol. The molecule has 0 saturated heterocycles. The maximum atomic E-state index is 12.6. The van der Waals surface area contributed by atoms with E-state index in [1.807, 2.05) is 0 Å². The maximum absolute atomic E-state index is 12.6. The van der Waals surface area contributed by atoms with Gasteiger partial charge < -0.3 is 11.1 Å². The zero-order valence-electron chi connectivity index (χ0n) is 8.31. The molecule has 7 heteroatoms. The molecule has 1 aromatic heterocycles. The van der Waals surface area contributed by atoms with Gasteiger partial charge in [-0.3, -0.25) is 0 Å². The molecule has 0 unspecified atom stereocenters. The highest BCUT2D eigenvalue weighted by atomic mass is 79.9. The predicted octanol–water partition coefficient (Wildman–Crippen LogP) is 2.62. The highest BCUT2D eigenvalue weighted by molar-refractivity contribution is 9.10. The summed E-state index contributed by atoms with van der Waals surface area (Å²) in [6.45, 7) is 0.791. The van der Waals surface area contributed by atoms with Crippen molar-refractivity contribution in [1.29, 1.82) is 0 Å². The van der Waals surface area contributed by atoms with Gasteiger partial charge in [-0.05, 0) is 35.0 Å². The molecule has 0 aliphatic carbocycles. The lowest BCUT2D eigenvalue weighted by atomic mass is 10.2. The van der Waals surface area contributed by atoms with Gasteiger partial charge in [-0.2, -0.15) is 13.2 Å². The van der Waals surface area contributed by atoms with E-state index in [0.29, 0.717) is 24.0 Å². The number of nitrogens with one attached hydrogen (secondary N) is 1. The largest absolute Gasteiger partial charge is 0.419 e. The molecule has 1 rings (SSSR count). The minimum Gasteiger partial charge on any atom is -0.370 e. The Bertz CT molecular complexity index is 354. The lowest BCUT2D eigenvalue weighted by Gasteiger charge is -2.13. The van der Waals surface area contributed by atoms with Crippen LogP contribution < -0.4 is 11.1 Å². The first-order valence-electron chi connectivity index (χ1n) is 4.62. The van der Waals surface area contributed by atoms with E-state index in [4.69, 9.17) is 5.73 Å². The predicted molar refractivity (Wildman–Crippen MR) is 59.1 cm³/mol. The summed E-state index contributed by atoms with van der Waals surface area (Å²) in [5, 5.41) is 2.62. The van der Waals surface area contributed by atoms with E-state index in [9.17, 15) is 13.2 Å². The number of halogens is 4. The Balaban J connectivity index is 2.90. The van der Waals surface area contributed by atoms with Gasteiger partial charge in [0.05, 0.1) is 5.56 Å². The number of rotatable bonds is 4. The molecule has 1 aromatic rings. The lowest BCUT2D eigenvalue weighted by Crippen LogP contribution is -2.15. The first-order valence-corrected chi connectivity index (χ1v) is 5.41. The maximum Gasteiger partial charge on any atom is 0.419 e. The van der Waals surface area contributed by atoms with E-state index in [-0.39, 0.29) is 5.82 Å². The van der Waals surface area contributed by atoms with Crippen LogP contribution in [-0.2, 0) is 6.18 Å². The van der Waals surface area contributed by atoms with Crippen LogP contribution in [0.1, 0.15) is 12.0 Å². The molecule has 0 fully saturated rings. The van der Waals surface area contributed by atoms with E-state index in [2.05, 4.69) is 26.2 Å². The molecule has 0 aliphatic rings. The number of hydrogen-bond donors (Lipinski definition) is 2. The van der Waals surface area contributed by atoms with Gasteiger partial charge in [-0.1, -0.05) is 0 Å². The lowest BCUT2D eigenvalue weighted by molar-refractivity contribution is -0.137. The Kier molecular flexibility index (Phi) is 4.55. The molecule has 0 bridgehead atoms. The Morgan fingerprint density at radius 1 is 1.44 bits per heavy atom. The summed E-state index contributed by atoms with van der Waals surface area (Å²) in [4.78, 5) is 3.70. The van der Waals surface area contributed by atoms with Crippen LogP contribution in [0.2, 0.25) is 0 Å². The zero-order chi connectivity index (χ0) is 12.2. The van der Waals surface area contributed by atoms with Crippen molar-refractivity contribution in [2.24, 2.45) is 5.73 Å². The van der Waals surface area contributed by atoms with Gasteiger partial charge in [0.25, 0.3) is 0 Å². The third kappa shape index (κ3) is 3.64. The number of nitrogens with two attached hydrogens (primary N) is 1. The average Bonchev–Trinajstić information content (AvgIpc) is 2.19. The quantitative estimate of drug-likeness (QED) is 0.840. The second kappa shape index (κ2) is 5.49. The van der Waals surface area contributed by atoms with Crippen LogP contribution in [0.5, 0.6) is 0 Å². The van der Waals surface area contributed by atoms with Crippen molar-refractivity contribution in [3.63, 3.8) is 0 Å². The first kappa shape index (κ1) is 13.2. The van der Waals surface area contributed by atoms with Crippen molar-refractivity contribution in [2.45, 2.75) is 12.6 Å². The topological polar surface area (TPSA) is 50.9 Å². The summed E-state index contributed by atoms with van der Waals surface area (Å²) in [7, 11) is 0. The van der Waals surface area contributed by atoms with E-state index in [0.717, 1.165) is 6.07 Å². The number of anilines is 1. The summed E-state index contributed by atoms with van der Waals surface area (Å²) in [5.41, 5.74) is 4.47. The fourth-order valence-corrected chi connectivity index (χ4v) is 1.44. The van der Waals surface area contributed by atoms with Crippen molar-refractivity contribution in [3.8, 4) is 0 Å². The Hall–Kier alpha value is -0.820. The molecule has 0 radical (unpaired) electrons. The standard InChI is InChI=1S/C9H11BrF3N3/c10-6-4-7(9(11,12)13)8(16-5-6)15-3-1-2-14/h4-5H,1-3,14H2,(H,15,16). The van der Waals surface area contributed by atoms with E-state index in [1.165, 1.54) is 6.20 Å². The molecule has 0 aliphatic heterocycles. The Morgan fingerprint density at radius 2 is 2.12 bits per heavy atom. The molecule has 0 spiro atoms. The zero-order valence-corrected chi connectivity index (χ0v) is 9.90. The molecular formula is C9H11BrF3N3. The highest BCUT2D eigenvalue weighted by Crippen LogP contribution is 2.35. The van der Waals surface area contributed by atoms with Gasteiger partial charge in [0.15, 0.2) is 0 Å². The smallest absolute Gasteiger partial charge is 0.370 e. The summed E-state index contributed by atoms with van der Waals surface area (Å²) < 4.78 is 38.1. The van der Waals surface area contributed by atoms with Crippen molar-refractivity contribution >= 4 is 21.7 Å². The highest BCUT2D eigenvalue weighted by Gasteiger charge is 2.34. The van der Waals surface area contributed by atoms with Crippen molar-refractivity contribution < 1.29 is 13.2 Å². The number of pyridine rings is 1. The summed E-state index contributed by atoms with van der Waals surface area (Å²) >= 11 is 2.96. The molecule has 0 amide bonds. The summed E-state index contributed by atoms with van der Waals surface area (Å²) in [5.74, 6) is -0.163. The molecule has 0 saturated carbocycles. The number of hydrogen-bond acceptors (Lipinski definition) is 3. The molecular weight excluding hydrogens is 287 g/mol. The van der Waals surface area contributed by atoms with E-state index >= 15 is 0 Å². The van der Waals surface area contributed by atoms with Crippen LogP contribution in [0.15, 0.2) is 16.7 Å². The Labute approximate surface area is 99.4 Å². The summed E-state index contributed by atoms with van der Waals surface area (Å²) in [6.07, 6.45) is -2.50. The van der Waals surface area contributed by atoms with Gasteiger partial charge >= 0.3 is 6.18 Å². The fourth-order valence-electron chi connectivity index (χ4n) is 1.11. The molecule has 0 aromatic carbocycles. The molecule has 0 atom stereocenters. The molecule has 3 nitrogen and oxygen atoms in total. The SMILES string of the molecule is NCCCNc1ncc(Br)cc1C(F)(F)F. The van der Waals surface area contributed by atoms with Crippen LogP contribution >= 0.6 is 15.9 Å². The number of aromatic nitrogens is 1. The number of alkyl halides is 3. The third-order valence-corrected chi connectivity index (χ3v) is 2.27. The minimum atomic E-state index is -4.41. The third-order valence-electron chi connectivity index (χ3n) is 1.83.